The van der Waals surface area contributed by atoms with Gasteiger partial charge in [-0.1, -0.05) is 142 Å². The molecule has 0 N–H and O–H groups in total. The average Bonchev–Trinajstić information content (AvgIpc) is 3.46. The fourth-order valence-electron chi connectivity index (χ4n) is 5.85. The summed E-state index contributed by atoms with van der Waals surface area (Å²) >= 11 is 1.21. The first-order valence-electron chi connectivity index (χ1n) is 17.7. The van der Waals surface area contributed by atoms with Crippen LogP contribution in [0.1, 0.15) is 167 Å². The van der Waals surface area contributed by atoms with Crippen LogP contribution in [0.25, 0.3) is 5.57 Å². The van der Waals surface area contributed by atoms with Crippen LogP contribution in [0.15, 0.2) is 6.08 Å². The van der Waals surface area contributed by atoms with Gasteiger partial charge >= 0.3 is 5.97 Å². The molecule has 6 nitrogen and oxygen atoms in total. The van der Waals surface area contributed by atoms with Crippen LogP contribution in [-0.2, 0) is 9.53 Å². The fourth-order valence-corrected chi connectivity index (χ4v) is 6.38. The lowest BCUT2D eigenvalue weighted by Gasteiger charge is -2.36. The van der Waals surface area contributed by atoms with E-state index < -0.39 is 0 Å². The number of hydrogen-bond acceptors (Lipinski definition) is 6. The maximum atomic E-state index is 12.5. The van der Waals surface area contributed by atoms with Crippen molar-refractivity contribution in [2.75, 3.05) is 33.5 Å². The highest BCUT2D eigenvalue weighted by Gasteiger charge is 2.31. The van der Waals surface area contributed by atoms with Crippen LogP contribution in [0.5, 0.6) is 5.88 Å². The number of halogens is 1. The van der Waals surface area contributed by atoms with Crippen molar-refractivity contribution in [3.05, 3.63) is 11.8 Å². The third kappa shape index (κ3) is 19.4. The van der Waals surface area contributed by atoms with Crippen molar-refractivity contribution in [1.29, 1.82) is 0 Å². The second kappa shape index (κ2) is 26.5. The van der Waals surface area contributed by atoms with Crippen molar-refractivity contribution in [2.45, 2.75) is 162 Å². The molecule has 0 spiro atoms. The summed E-state index contributed by atoms with van der Waals surface area (Å²) in [5.74, 6) is 0.602. The van der Waals surface area contributed by atoms with Crippen molar-refractivity contribution in [3.8, 4) is 5.88 Å². The van der Waals surface area contributed by atoms with E-state index in [4.69, 9.17) is 9.47 Å². The van der Waals surface area contributed by atoms with E-state index in [1.807, 2.05) is 0 Å². The Hall–Kier alpha value is -0.740. The van der Waals surface area contributed by atoms with Gasteiger partial charge in [0.1, 0.15) is 12.2 Å². The molecule has 0 aliphatic carbocycles. The van der Waals surface area contributed by atoms with Crippen LogP contribution in [0.3, 0.4) is 0 Å². The third-order valence-corrected chi connectivity index (χ3v) is 9.14. The van der Waals surface area contributed by atoms with E-state index in [1.165, 1.54) is 127 Å². The number of carbonyl (C=O) groups is 1. The summed E-state index contributed by atoms with van der Waals surface area (Å²) in [5, 5.41) is 0. The molecule has 0 fully saturated rings. The number of hydrogen-bond donors (Lipinski definition) is 0. The molecule has 2 rings (SSSR count). The van der Waals surface area contributed by atoms with E-state index in [-0.39, 0.29) is 29.9 Å². The van der Waals surface area contributed by atoms with Gasteiger partial charge in [0.05, 0.1) is 31.9 Å². The first kappa shape index (κ1) is 40.3. The molecule has 1 aliphatic rings. The summed E-state index contributed by atoms with van der Waals surface area (Å²) in [6.07, 6.45) is 31.3. The lowest BCUT2D eigenvalue weighted by Crippen LogP contribution is -3.00. The molecule has 2 heterocycles. The molecule has 1 unspecified atom stereocenters. The lowest BCUT2D eigenvalue weighted by atomic mass is 10.0. The molecule has 1 aromatic rings. The number of carbonyl (C=O) groups excluding carboxylic acids is 1. The van der Waals surface area contributed by atoms with Gasteiger partial charge in [-0.3, -0.25) is 9.28 Å². The highest BCUT2D eigenvalue weighted by Crippen LogP contribution is 2.30. The molecule has 0 saturated heterocycles. The predicted octanol–water partition coefficient (Wildman–Crippen LogP) is 7.28. The average molecular weight is 734 g/mol. The molecule has 250 valence electrons. The molecular formula is C35H64IN3O3S. The monoisotopic (exact) mass is 733 g/mol. The van der Waals surface area contributed by atoms with Gasteiger partial charge in [-0.15, -0.1) is 4.37 Å². The predicted molar refractivity (Wildman–Crippen MR) is 178 cm³/mol. The first-order chi connectivity index (χ1) is 20.6. The molecular weight excluding hydrogens is 669 g/mol. The van der Waals surface area contributed by atoms with Crippen molar-refractivity contribution in [1.82, 2.24) is 8.75 Å². The van der Waals surface area contributed by atoms with Gasteiger partial charge in [-0.2, -0.15) is 4.37 Å². The quantitative estimate of drug-likeness (QED) is 0.0412. The van der Waals surface area contributed by atoms with Crippen molar-refractivity contribution in [3.63, 3.8) is 0 Å². The van der Waals surface area contributed by atoms with Crippen molar-refractivity contribution < 1.29 is 42.7 Å². The second-order valence-corrected chi connectivity index (χ2v) is 13.4. The second-order valence-electron chi connectivity index (χ2n) is 12.9. The Kier molecular flexibility index (Phi) is 24.8. The van der Waals surface area contributed by atoms with Crippen LogP contribution in [-0.4, -0.2) is 52.7 Å². The Labute approximate surface area is 286 Å². The van der Waals surface area contributed by atoms with E-state index in [1.54, 1.807) is 0 Å². The van der Waals surface area contributed by atoms with Gasteiger partial charge in [-0.05, 0) is 12.8 Å². The molecule has 1 aliphatic heterocycles. The Morgan fingerprint density at radius 1 is 0.767 bits per heavy atom. The number of quaternary nitrogens is 1. The molecule has 0 aromatic carbocycles. The molecule has 0 amide bonds. The zero-order chi connectivity index (χ0) is 30.1. The van der Waals surface area contributed by atoms with Crippen molar-refractivity contribution >= 4 is 23.3 Å². The smallest absolute Gasteiger partial charge is 0.310 e. The summed E-state index contributed by atoms with van der Waals surface area (Å²) in [5.41, 5.74) is 2.03. The maximum absolute atomic E-state index is 12.5. The van der Waals surface area contributed by atoms with Crippen LogP contribution < -0.4 is 28.7 Å². The van der Waals surface area contributed by atoms with E-state index in [2.05, 4.69) is 35.7 Å². The Morgan fingerprint density at radius 2 is 1.28 bits per heavy atom. The molecule has 0 saturated carbocycles. The largest absolute Gasteiger partial charge is 1.00 e. The summed E-state index contributed by atoms with van der Waals surface area (Å²) in [6, 6.07) is 0. The number of rotatable bonds is 27. The van der Waals surface area contributed by atoms with E-state index >= 15 is 0 Å². The number of aromatic nitrogens is 2. The topological polar surface area (TPSA) is 61.3 Å². The normalized spacial score (nSPS) is 16.5. The molecule has 8 heteroatoms. The first-order valence-corrected chi connectivity index (χ1v) is 18.4. The number of esters is 1. The molecule has 1 atom stereocenters. The fraction of sp³-hybridized carbons (Fsp3) is 0.857. The van der Waals surface area contributed by atoms with E-state index in [0.717, 1.165) is 50.0 Å². The molecule has 43 heavy (non-hydrogen) atoms. The summed E-state index contributed by atoms with van der Waals surface area (Å²) < 4.78 is 21.4. The number of unbranched alkanes of at least 4 members (excludes halogenated alkanes) is 19. The number of likely N-dealkylation sites (N-methyl/N-ethyl adjacent to an activating group) is 1. The number of nitrogens with zero attached hydrogens (tertiary/aromatic N) is 3. The Morgan fingerprint density at radius 3 is 1.84 bits per heavy atom. The summed E-state index contributed by atoms with van der Waals surface area (Å²) in [7, 11) is 2.17. The van der Waals surface area contributed by atoms with E-state index in [9.17, 15) is 4.79 Å². The SMILES string of the molecule is CCCCCCCCCCCCCCCCCCCC(=O)OC[N+]1(C)CCC=C(c2nsnc2OCCCCCC)C1.[I-]. The standard InChI is InChI=1S/C35H64N3O3S.HI/c1-4-6-8-10-11-12-13-14-15-16-17-18-19-20-21-22-23-27-33(39)41-31-38(3)28-25-26-32(30-38)34-35(37-42-36-34)40-29-24-9-7-5-2;/h26H,4-25,27-31H2,1-3H3;1H/q+1;/p-1. The number of ether oxygens (including phenoxy) is 2. The maximum Gasteiger partial charge on any atom is 0.310 e. The van der Waals surface area contributed by atoms with Gasteiger partial charge in [0.15, 0.2) is 0 Å². The van der Waals surface area contributed by atoms with Crippen LogP contribution in [0, 0.1) is 0 Å². The minimum atomic E-state index is -0.0576. The van der Waals surface area contributed by atoms with Crippen LogP contribution >= 0.6 is 11.7 Å². The van der Waals surface area contributed by atoms with Gasteiger partial charge in [0.25, 0.3) is 5.88 Å². The van der Waals surface area contributed by atoms with Gasteiger partial charge in [-0.25, -0.2) is 0 Å². The Balaban J connectivity index is 0.00000924. The zero-order valence-corrected chi connectivity index (χ0v) is 31.0. The molecule has 0 radical (unpaired) electrons. The highest BCUT2D eigenvalue weighted by atomic mass is 127. The summed E-state index contributed by atoms with van der Waals surface area (Å²) in [6.45, 7) is 7.35. The third-order valence-electron chi connectivity index (χ3n) is 8.63. The van der Waals surface area contributed by atoms with Gasteiger partial charge in [0.2, 0.25) is 6.73 Å². The van der Waals surface area contributed by atoms with Gasteiger partial charge < -0.3 is 33.5 Å². The van der Waals surface area contributed by atoms with Crippen LogP contribution in [0.4, 0.5) is 0 Å². The zero-order valence-electron chi connectivity index (χ0n) is 28.0. The minimum absolute atomic E-state index is 0. The minimum Gasteiger partial charge on any atom is -1.00 e. The summed E-state index contributed by atoms with van der Waals surface area (Å²) in [4.78, 5) is 12.5. The molecule has 1 aromatic heterocycles. The van der Waals surface area contributed by atoms with E-state index in [0.29, 0.717) is 30.1 Å². The molecule has 0 bridgehead atoms. The van der Waals surface area contributed by atoms with Crippen LogP contribution in [0.2, 0.25) is 0 Å². The van der Waals surface area contributed by atoms with Gasteiger partial charge in [0, 0.05) is 18.4 Å². The lowest BCUT2D eigenvalue weighted by molar-refractivity contribution is -0.919. The van der Waals surface area contributed by atoms with Crippen molar-refractivity contribution in [2.24, 2.45) is 0 Å². The Bertz CT molecular complexity index is 850. The highest BCUT2D eigenvalue weighted by molar-refractivity contribution is 6.99.